The van der Waals surface area contributed by atoms with Crippen molar-refractivity contribution >= 4 is 11.8 Å². The summed E-state index contributed by atoms with van der Waals surface area (Å²) in [6.45, 7) is 2.76. The molecule has 0 fully saturated rings. The number of pyridine rings is 1. The van der Waals surface area contributed by atoms with Gasteiger partial charge in [0.1, 0.15) is 5.82 Å². The summed E-state index contributed by atoms with van der Waals surface area (Å²) in [6, 6.07) is 9.91. The van der Waals surface area contributed by atoms with Crippen LogP contribution in [0.2, 0.25) is 0 Å². The minimum atomic E-state index is -0.280. The van der Waals surface area contributed by atoms with Gasteiger partial charge in [-0.15, -0.1) is 0 Å². The molecule has 1 aromatic heterocycles. The molecule has 0 unspecified atom stereocenters. The molecular formula is C19H22FN3O2. The number of halogens is 1. The minimum absolute atomic E-state index is 0.0813. The Kier molecular flexibility index (Phi) is 7.07. The topological polar surface area (TPSA) is 62.3 Å². The van der Waals surface area contributed by atoms with E-state index in [2.05, 4.69) is 10.3 Å². The molecule has 0 saturated heterocycles. The highest BCUT2D eigenvalue weighted by Gasteiger charge is 2.11. The highest BCUT2D eigenvalue weighted by Crippen LogP contribution is 2.05. The van der Waals surface area contributed by atoms with E-state index >= 15 is 0 Å². The van der Waals surface area contributed by atoms with Gasteiger partial charge < -0.3 is 10.2 Å². The van der Waals surface area contributed by atoms with Gasteiger partial charge in [0, 0.05) is 45.4 Å². The molecule has 0 saturated carbocycles. The zero-order chi connectivity index (χ0) is 18.1. The number of nitrogens with zero attached hydrogens (tertiary/aromatic N) is 2. The first-order chi connectivity index (χ1) is 12.0. The van der Waals surface area contributed by atoms with Gasteiger partial charge in [-0.05, 0) is 35.7 Å². The second-order valence-electron chi connectivity index (χ2n) is 5.77. The molecule has 2 rings (SSSR count). The van der Waals surface area contributed by atoms with Gasteiger partial charge >= 0.3 is 0 Å². The van der Waals surface area contributed by atoms with E-state index in [-0.39, 0.29) is 24.1 Å². The lowest BCUT2D eigenvalue weighted by atomic mass is 10.1. The van der Waals surface area contributed by atoms with E-state index < -0.39 is 0 Å². The molecule has 0 radical (unpaired) electrons. The van der Waals surface area contributed by atoms with Crippen LogP contribution >= 0.6 is 0 Å². The predicted molar refractivity (Wildman–Crippen MR) is 93.1 cm³/mol. The molecule has 6 heteroatoms. The van der Waals surface area contributed by atoms with Crippen molar-refractivity contribution in [2.24, 2.45) is 0 Å². The summed E-state index contributed by atoms with van der Waals surface area (Å²) < 4.78 is 12.9. The van der Waals surface area contributed by atoms with Crippen molar-refractivity contribution < 1.29 is 14.0 Å². The summed E-state index contributed by atoms with van der Waals surface area (Å²) in [5.41, 5.74) is 1.88. The summed E-state index contributed by atoms with van der Waals surface area (Å²) >= 11 is 0. The molecule has 1 aromatic carbocycles. The average Bonchev–Trinajstić information content (AvgIpc) is 2.62. The zero-order valence-corrected chi connectivity index (χ0v) is 14.2. The van der Waals surface area contributed by atoms with E-state index in [1.54, 1.807) is 29.4 Å². The Morgan fingerprint density at radius 1 is 1.12 bits per heavy atom. The second-order valence-corrected chi connectivity index (χ2v) is 5.77. The predicted octanol–water partition coefficient (Wildman–Crippen LogP) is 2.32. The first-order valence-corrected chi connectivity index (χ1v) is 8.20. The molecular weight excluding hydrogens is 321 g/mol. The van der Waals surface area contributed by atoms with E-state index in [0.29, 0.717) is 26.1 Å². The largest absolute Gasteiger partial charge is 0.352 e. The maximum Gasteiger partial charge on any atom is 0.222 e. The molecule has 2 aromatic rings. The summed E-state index contributed by atoms with van der Waals surface area (Å²) in [5, 5.41) is 2.81. The molecule has 5 nitrogen and oxygen atoms in total. The van der Waals surface area contributed by atoms with E-state index in [9.17, 15) is 14.0 Å². The van der Waals surface area contributed by atoms with E-state index in [4.69, 9.17) is 0 Å². The van der Waals surface area contributed by atoms with E-state index in [1.165, 1.54) is 19.1 Å². The van der Waals surface area contributed by atoms with Crippen LogP contribution in [0.5, 0.6) is 0 Å². The Morgan fingerprint density at radius 2 is 1.88 bits per heavy atom. The van der Waals surface area contributed by atoms with Crippen LogP contribution in [0.25, 0.3) is 0 Å². The van der Waals surface area contributed by atoms with Crippen molar-refractivity contribution in [3.63, 3.8) is 0 Å². The first-order valence-electron chi connectivity index (χ1n) is 8.20. The summed E-state index contributed by atoms with van der Waals surface area (Å²) in [6.07, 6.45) is 4.24. The van der Waals surface area contributed by atoms with Crippen LogP contribution in [-0.2, 0) is 22.6 Å². The number of benzene rings is 1. The van der Waals surface area contributed by atoms with Crippen molar-refractivity contribution in [2.45, 2.75) is 26.3 Å². The van der Waals surface area contributed by atoms with Crippen LogP contribution in [0.15, 0.2) is 48.8 Å². The third-order valence-corrected chi connectivity index (χ3v) is 3.85. The van der Waals surface area contributed by atoms with Gasteiger partial charge in [-0.25, -0.2) is 4.39 Å². The molecule has 132 valence electrons. The number of rotatable bonds is 8. The highest BCUT2D eigenvalue weighted by molar-refractivity contribution is 5.78. The fourth-order valence-electron chi connectivity index (χ4n) is 2.37. The standard InChI is InChI=1S/C19H22FN3O2/c1-15(24)23(11-8-16-4-6-18(20)7-5-16)12-9-19(25)22-14-17-3-2-10-21-13-17/h2-7,10,13H,8-9,11-12,14H2,1H3,(H,22,25). The van der Waals surface area contributed by atoms with Crippen molar-refractivity contribution in [2.75, 3.05) is 13.1 Å². The molecule has 0 aliphatic carbocycles. The van der Waals surface area contributed by atoms with Crippen LogP contribution in [0.1, 0.15) is 24.5 Å². The Morgan fingerprint density at radius 3 is 2.52 bits per heavy atom. The Hall–Kier alpha value is -2.76. The lowest BCUT2D eigenvalue weighted by Crippen LogP contribution is -2.35. The van der Waals surface area contributed by atoms with Crippen LogP contribution in [0, 0.1) is 5.82 Å². The van der Waals surface area contributed by atoms with E-state index in [1.807, 2.05) is 12.1 Å². The third-order valence-electron chi connectivity index (χ3n) is 3.85. The normalized spacial score (nSPS) is 10.3. The molecule has 1 N–H and O–H groups in total. The van der Waals surface area contributed by atoms with Gasteiger partial charge in [-0.3, -0.25) is 14.6 Å². The molecule has 0 spiro atoms. The fraction of sp³-hybridized carbons (Fsp3) is 0.316. The van der Waals surface area contributed by atoms with Crippen LogP contribution < -0.4 is 5.32 Å². The lowest BCUT2D eigenvalue weighted by molar-refractivity contribution is -0.129. The summed E-state index contributed by atoms with van der Waals surface area (Å²) in [4.78, 5) is 29.3. The maximum atomic E-state index is 12.9. The molecule has 25 heavy (non-hydrogen) atoms. The quantitative estimate of drug-likeness (QED) is 0.800. The maximum absolute atomic E-state index is 12.9. The van der Waals surface area contributed by atoms with Gasteiger partial charge in [0.05, 0.1) is 0 Å². The van der Waals surface area contributed by atoms with Crippen molar-refractivity contribution in [3.8, 4) is 0 Å². The molecule has 0 bridgehead atoms. The van der Waals surface area contributed by atoms with Crippen molar-refractivity contribution in [1.29, 1.82) is 0 Å². The number of amides is 2. The van der Waals surface area contributed by atoms with Crippen LogP contribution in [0.3, 0.4) is 0 Å². The number of aromatic nitrogens is 1. The Labute approximate surface area is 146 Å². The lowest BCUT2D eigenvalue weighted by Gasteiger charge is -2.21. The third kappa shape index (κ3) is 6.71. The van der Waals surface area contributed by atoms with Gasteiger partial charge in [0.25, 0.3) is 0 Å². The number of hydrogen-bond acceptors (Lipinski definition) is 3. The highest BCUT2D eigenvalue weighted by atomic mass is 19.1. The second kappa shape index (κ2) is 9.52. The number of hydrogen-bond donors (Lipinski definition) is 1. The minimum Gasteiger partial charge on any atom is -0.352 e. The number of carbonyl (C=O) groups excluding carboxylic acids is 2. The van der Waals surface area contributed by atoms with Crippen LogP contribution in [0.4, 0.5) is 4.39 Å². The SMILES string of the molecule is CC(=O)N(CCC(=O)NCc1cccnc1)CCc1ccc(F)cc1. The van der Waals surface area contributed by atoms with Crippen molar-refractivity contribution in [1.82, 2.24) is 15.2 Å². The fourth-order valence-corrected chi connectivity index (χ4v) is 2.37. The smallest absolute Gasteiger partial charge is 0.222 e. The Balaban J connectivity index is 1.75. The molecule has 1 heterocycles. The monoisotopic (exact) mass is 343 g/mol. The van der Waals surface area contributed by atoms with Gasteiger partial charge in [0.2, 0.25) is 11.8 Å². The molecule has 2 amide bonds. The van der Waals surface area contributed by atoms with Crippen molar-refractivity contribution in [3.05, 3.63) is 65.7 Å². The van der Waals surface area contributed by atoms with E-state index in [0.717, 1.165) is 11.1 Å². The van der Waals surface area contributed by atoms with Gasteiger partial charge in [-0.2, -0.15) is 0 Å². The van der Waals surface area contributed by atoms with Crippen LogP contribution in [-0.4, -0.2) is 34.8 Å². The number of nitrogens with one attached hydrogen (secondary N) is 1. The summed E-state index contributed by atoms with van der Waals surface area (Å²) in [7, 11) is 0. The molecule has 0 aliphatic rings. The van der Waals surface area contributed by atoms with Gasteiger partial charge in [-0.1, -0.05) is 18.2 Å². The molecule has 0 atom stereocenters. The zero-order valence-electron chi connectivity index (χ0n) is 14.2. The van der Waals surface area contributed by atoms with Gasteiger partial charge in [0.15, 0.2) is 0 Å². The average molecular weight is 343 g/mol. The summed E-state index contributed by atoms with van der Waals surface area (Å²) in [5.74, 6) is -0.475. The Bertz CT molecular complexity index is 690. The first kappa shape index (κ1) is 18.6. The molecule has 0 aliphatic heterocycles. The number of carbonyl (C=O) groups is 2.